The molecule has 1 aromatic heterocycles. The number of fused-ring (bicyclic) bond motifs is 2. The average molecular weight is 716 g/mol. The highest BCUT2D eigenvalue weighted by Crippen LogP contribution is 2.46. The number of imide groups is 1. The van der Waals surface area contributed by atoms with Crippen molar-refractivity contribution in [2.45, 2.75) is 94.5 Å². The van der Waals surface area contributed by atoms with Crippen LogP contribution < -0.4 is 10.1 Å². The van der Waals surface area contributed by atoms with Crippen molar-refractivity contribution in [2.24, 2.45) is 0 Å². The molecule has 52 heavy (non-hydrogen) atoms. The lowest BCUT2D eigenvalue weighted by atomic mass is 9.69. The number of unbranched alkanes of at least 4 members (excludes halogenated alkanes) is 3. The van der Waals surface area contributed by atoms with Crippen molar-refractivity contribution in [1.29, 1.82) is 0 Å². The van der Waals surface area contributed by atoms with E-state index in [2.05, 4.69) is 95.1 Å². The first kappa shape index (κ1) is 34.8. The van der Waals surface area contributed by atoms with Crippen molar-refractivity contribution in [2.75, 3.05) is 26.2 Å². The Morgan fingerprint density at radius 3 is 2.33 bits per heavy atom. The summed E-state index contributed by atoms with van der Waals surface area (Å²) in [4.78, 5) is 43.7. The van der Waals surface area contributed by atoms with Crippen LogP contribution in [0.15, 0.2) is 84.9 Å². The summed E-state index contributed by atoms with van der Waals surface area (Å²) in [6.07, 6.45) is 9.91. The molecule has 1 aliphatic carbocycles. The third kappa shape index (κ3) is 7.46. The first-order valence-corrected chi connectivity index (χ1v) is 20.2. The molecule has 3 atom stereocenters. The SMILES string of the molecule is O=C1CCC(N2Cc3sc(C4CCN(CCCCCCOc5ccc(C6c7ccccc7CCC6c6ccccc6)cc5)CC4)cc3C2=O)C(=O)N1. The molecule has 4 heterocycles. The zero-order valence-corrected chi connectivity index (χ0v) is 30.8. The van der Waals surface area contributed by atoms with E-state index < -0.39 is 6.04 Å². The maximum atomic E-state index is 13.2. The molecule has 8 heteroatoms. The topological polar surface area (TPSA) is 79.0 Å². The molecule has 0 bridgehead atoms. The zero-order valence-electron chi connectivity index (χ0n) is 29.9. The summed E-state index contributed by atoms with van der Waals surface area (Å²) in [5, 5.41) is 2.38. The molecule has 2 saturated heterocycles. The van der Waals surface area contributed by atoms with Crippen LogP contribution in [0.3, 0.4) is 0 Å². The Labute approximate surface area is 311 Å². The van der Waals surface area contributed by atoms with E-state index in [9.17, 15) is 14.4 Å². The van der Waals surface area contributed by atoms with E-state index in [1.165, 1.54) is 46.4 Å². The predicted molar refractivity (Wildman–Crippen MR) is 205 cm³/mol. The molecule has 1 N–H and O–H groups in total. The molecule has 0 spiro atoms. The van der Waals surface area contributed by atoms with Gasteiger partial charge in [-0.3, -0.25) is 19.7 Å². The van der Waals surface area contributed by atoms with Crippen LogP contribution in [0.25, 0.3) is 0 Å². The number of piperidine rings is 2. The van der Waals surface area contributed by atoms with Crippen LogP contribution in [-0.4, -0.2) is 59.8 Å². The molecule has 3 amide bonds. The van der Waals surface area contributed by atoms with Gasteiger partial charge in [-0.05, 0) is 117 Å². The number of hydrogen-bond acceptors (Lipinski definition) is 6. The molecule has 0 radical (unpaired) electrons. The molecule has 3 unspecified atom stereocenters. The summed E-state index contributed by atoms with van der Waals surface area (Å²) in [6, 6.07) is 30.4. The molecule has 270 valence electrons. The zero-order chi connectivity index (χ0) is 35.4. The fourth-order valence-electron chi connectivity index (χ4n) is 8.99. The highest BCUT2D eigenvalue weighted by Gasteiger charge is 2.41. The fraction of sp³-hybridized carbons (Fsp3) is 0.432. The van der Waals surface area contributed by atoms with Crippen LogP contribution >= 0.6 is 11.3 Å². The second-order valence-corrected chi connectivity index (χ2v) is 16.2. The standard InChI is InChI=1S/C44H49N3O4S/c48-41-21-20-38(43(49)45-41)47-29-40-37(44(47)50)28-39(52-40)32-22-25-46(26-23-32)24-8-1-2-9-27-51-34-17-14-33(15-18-34)42-35-13-7-6-12-31(35)16-19-36(42)30-10-4-3-5-11-30/h3-7,10-15,17-18,28,32,36,38,42H,1-2,8-9,16,19-27,29H2,(H,45,48,49). The Morgan fingerprint density at radius 2 is 1.54 bits per heavy atom. The lowest BCUT2D eigenvalue weighted by Gasteiger charge is -2.34. The summed E-state index contributed by atoms with van der Waals surface area (Å²) in [6.45, 7) is 4.57. The van der Waals surface area contributed by atoms with Gasteiger partial charge < -0.3 is 14.5 Å². The van der Waals surface area contributed by atoms with E-state index in [0.29, 0.717) is 30.7 Å². The number of carbonyl (C=O) groups excluding carboxylic acids is 3. The maximum absolute atomic E-state index is 13.2. The minimum Gasteiger partial charge on any atom is -0.494 e. The van der Waals surface area contributed by atoms with E-state index in [0.717, 1.165) is 74.5 Å². The number of likely N-dealkylation sites (tertiary alicyclic amines) is 1. The number of aryl methyl sites for hydroxylation is 1. The highest BCUT2D eigenvalue weighted by atomic mass is 32.1. The largest absolute Gasteiger partial charge is 0.494 e. The van der Waals surface area contributed by atoms with Gasteiger partial charge in [0.25, 0.3) is 5.91 Å². The highest BCUT2D eigenvalue weighted by molar-refractivity contribution is 7.12. The fourth-order valence-corrected chi connectivity index (χ4v) is 10.3. The van der Waals surface area contributed by atoms with Gasteiger partial charge in [-0.1, -0.05) is 79.6 Å². The third-order valence-electron chi connectivity index (χ3n) is 11.8. The van der Waals surface area contributed by atoms with Gasteiger partial charge >= 0.3 is 0 Å². The van der Waals surface area contributed by atoms with Crippen LogP contribution in [0.4, 0.5) is 0 Å². The van der Waals surface area contributed by atoms with Gasteiger partial charge in [0.15, 0.2) is 0 Å². The van der Waals surface area contributed by atoms with Gasteiger partial charge in [0.05, 0.1) is 18.7 Å². The molecule has 4 aliphatic rings. The third-order valence-corrected chi connectivity index (χ3v) is 13.1. The molecular weight excluding hydrogens is 667 g/mol. The Kier molecular flexibility index (Phi) is 10.5. The molecule has 0 saturated carbocycles. The van der Waals surface area contributed by atoms with Gasteiger partial charge in [0, 0.05) is 22.1 Å². The van der Waals surface area contributed by atoms with Crippen molar-refractivity contribution in [3.8, 4) is 5.75 Å². The van der Waals surface area contributed by atoms with Gasteiger partial charge in [-0.2, -0.15) is 0 Å². The normalized spacial score (nSPS) is 22.3. The number of hydrogen-bond donors (Lipinski definition) is 1. The number of thiophene rings is 1. The van der Waals surface area contributed by atoms with E-state index in [1.54, 1.807) is 16.2 Å². The van der Waals surface area contributed by atoms with Crippen LogP contribution in [0.1, 0.15) is 118 Å². The molecule has 4 aromatic rings. The second-order valence-electron chi connectivity index (χ2n) is 15.1. The summed E-state index contributed by atoms with van der Waals surface area (Å²) >= 11 is 1.74. The van der Waals surface area contributed by atoms with Gasteiger partial charge in [0.2, 0.25) is 11.8 Å². The second kappa shape index (κ2) is 15.8. The number of amides is 3. The first-order valence-electron chi connectivity index (χ1n) is 19.4. The van der Waals surface area contributed by atoms with Crippen molar-refractivity contribution < 1.29 is 19.1 Å². The summed E-state index contributed by atoms with van der Waals surface area (Å²) in [5.41, 5.74) is 6.49. The van der Waals surface area contributed by atoms with Crippen molar-refractivity contribution >= 4 is 29.1 Å². The molecule has 7 nitrogen and oxygen atoms in total. The van der Waals surface area contributed by atoms with Crippen LogP contribution in [0.2, 0.25) is 0 Å². The quantitative estimate of drug-likeness (QED) is 0.118. The minimum absolute atomic E-state index is 0.0638. The van der Waals surface area contributed by atoms with E-state index >= 15 is 0 Å². The van der Waals surface area contributed by atoms with Gasteiger partial charge in [-0.25, -0.2) is 0 Å². The van der Waals surface area contributed by atoms with Crippen LogP contribution in [-0.2, 0) is 22.6 Å². The Bertz CT molecular complexity index is 1880. The number of benzene rings is 3. The molecule has 3 aromatic carbocycles. The summed E-state index contributed by atoms with van der Waals surface area (Å²) in [7, 11) is 0. The number of nitrogens with zero attached hydrogens (tertiary/aromatic N) is 2. The first-order chi connectivity index (χ1) is 25.5. The molecular formula is C44H49N3O4S. The number of ether oxygens (including phenoxy) is 1. The van der Waals surface area contributed by atoms with Crippen molar-refractivity contribution in [3.63, 3.8) is 0 Å². The van der Waals surface area contributed by atoms with Crippen LogP contribution in [0, 0.1) is 0 Å². The van der Waals surface area contributed by atoms with Crippen LogP contribution in [0.5, 0.6) is 5.75 Å². The number of nitrogens with one attached hydrogen (secondary N) is 1. The van der Waals surface area contributed by atoms with Crippen molar-refractivity contribution in [3.05, 3.63) is 123 Å². The maximum Gasteiger partial charge on any atom is 0.256 e. The molecule has 8 rings (SSSR count). The minimum atomic E-state index is -0.541. The Balaban J connectivity index is 0.741. The van der Waals surface area contributed by atoms with E-state index in [1.807, 2.05) is 0 Å². The molecule has 3 aliphatic heterocycles. The Hall–Kier alpha value is -4.27. The smallest absolute Gasteiger partial charge is 0.256 e. The molecule has 2 fully saturated rings. The van der Waals surface area contributed by atoms with E-state index in [4.69, 9.17) is 4.74 Å². The predicted octanol–water partition coefficient (Wildman–Crippen LogP) is 8.19. The van der Waals surface area contributed by atoms with Gasteiger partial charge in [0.1, 0.15) is 11.8 Å². The average Bonchev–Trinajstić information content (AvgIpc) is 3.73. The summed E-state index contributed by atoms with van der Waals surface area (Å²) in [5.74, 6) is 1.63. The lowest BCUT2D eigenvalue weighted by Crippen LogP contribution is -2.52. The number of rotatable bonds is 12. The van der Waals surface area contributed by atoms with E-state index in [-0.39, 0.29) is 24.1 Å². The Morgan fingerprint density at radius 1 is 0.769 bits per heavy atom. The van der Waals surface area contributed by atoms with Crippen molar-refractivity contribution in [1.82, 2.24) is 15.1 Å². The number of carbonyl (C=O) groups is 3. The van der Waals surface area contributed by atoms with Gasteiger partial charge in [-0.15, -0.1) is 11.3 Å². The lowest BCUT2D eigenvalue weighted by molar-refractivity contribution is -0.136. The summed E-state index contributed by atoms with van der Waals surface area (Å²) < 4.78 is 6.19. The monoisotopic (exact) mass is 715 g/mol.